The monoisotopic (exact) mass is 280 g/mol. The number of sulfonamides is 1. The normalized spacial score (nSPS) is 15.7. The van der Waals surface area contributed by atoms with Crippen molar-refractivity contribution >= 4 is 10.0 Å². The lowest BCUT2D eigenvalue weighted by atomic mass is 10.1. The van der Waals surface area contributed by atoms with E-state index in [0.717, 1.165) is 24.0 Å². The van der Waals surface area contributed by atoms with Crippen LogP contribution in [0.2, 0.25) is 0 Å². The van der Waals surface area contributed by atoms with Crippen molar-refractivity contribution in [3.8, 4) is 0 Å². The summed E-state index contributed by atoms with van der Waals surface area (Å²) in [5.41, 5.74) is 7.53. The van der Waals surface area contributed by atoms with E-state index >= 15 is 0 Å². The van der Waals surface area contributed by atoms with Crippen molar-refractivity contribution < 1.29 is 8.42 Å². The van der Waals surface area contributed by atoms with Crippen LogP contribution in [-0.2, 0) is 16.6 Å². The lowest BCUT2D eigenvalue weighted by molar-refractivity contribution is 0.436. The fourth-order valence-corrected chi connectivity index (χ4v) is 3.80. The molecular formula is C14H20N2O2S. The van der Waals surface area contributed by atoms with Crippen LogP contribution in [0.15, 0.2) is 35.7 Å². The molecule has 0 spiro atoms. The third-order valence-electron chi connectivity index (χ3n) is 3.41. The molecule has 1 aromatic carbocycles. The van der Waals surface area contributed by atoms with Crippen molar-refractivity contribution in [1.29, 1.82) is 0 Å². The fourth-order valence-electron chi connectivity index (χ4n) is 2.10. The predicted molar refractivity (Wildman–Crippen MR) is 76.2 cm³/mol. The molecule has 0 atom stereocenters. The Labute approximate surface area is 115 Å². The van der Waals surface area contributed by atoms with Crippen LogP contribution in [-0.4, -0.2) is 25.3 Å². The van der Waals surface area contributed by atoms with Crippen LogP contribution < -0.4 is 5.73 Å². The van der Waals surface area contributed by atoms with Crippen LogP contribution in [0.5, 0.6) is 0 Å². The number of nitrogens with zero attached hydrogens (tertiary/aromatic N) is 1. The minimum atomic E-state index is -3.44. The maximum atomic E-state index is 12.6. The highest BCUT2D eigenvalue weighted by Crippen LogP contribution is 2.32. The maximum absolute atomic E-state index is 12.6. The van der Waals surface area contributed by atoms with Crippen LogP contribution in [0, 0.1) is 6.92 Å². The number of benzene rings is 1. The molecule has 0 heterocycles. The standard InChI is InChI=1S/C14H20N2O2S/c1-3-8-16(13-5-6-13)19(17,18)14-7-4-11(2)12(9-14)10-15/h3-4,7,9,13H,1,5-6,8,10,15H2,2H3. The summed E-state index contributed by atoms with van der Waals surface area (Å²) in [6.07, 6.45) is 3.50. The van der Waals surface area contributed by atoms with Gasteiger partial charge in [-0.2, -0.15) is 4.31 Å². The van der Waals surface area contributed by atoms with Gasteiger partial charge >= 0.3 is 0 Å². The Balaban J connectivity index is 2.39. The van der Waals surface area contributed by atoms with Crippen molar-refractivity contribution in [2.24, 2.45) is 5.73 Å². The molecule has 2 N–H and O–H groups in total. The lowest BCUT2D eigenvalue weighted by Gasteiger charge is -2.20. The van der Waals surface area contributed by atoms with Crippen LogP contribution in [0.1, 0.15) is 24.0 Å². The third-order valence-corrected chi connectivity index (χ3v) is 5.32. The van der Waals surface area contributed by atoms with Gasteiger partial charge in [-0.15, -0.1) is 6.58 Å². The lowest BCUT2D eigenvalue weighted by Crippen LogP contribution is -2.33. The zero-order valence-electron chi connectivity index (χ0n) is 11.2. The van der Waals surface area contributed by atoms with Crippen LogP contribution in [0.25, 0.3) is 0 Å². The first kappa shape index (κ1) is 14.2. The van der Waals surface area contributed by atoms with Crippen LogP contribution in [0.4, 0.5) is 0 Å². The van der Waals surface area contributed by atoms with E-state index in [1.807, 2.05) is 13.0 Å². The van der Waals surface area contributed by atoms with Gasteiger partial charge in [-0.1, -0.05) is 12.1 Å². The van der Waals surface area contributed by atoms with Crippen molar-refractivity contribution in [2.45, 2.75) is 37.2 Å². The number of rotatable bonds is 6. The quantitative estimate of drug-likeness (QED) is 0.808. The Morgan fingerprint density at radius 3 is 2.68 bits per heavy atom. The Hall–Kier alpha value is -1.17. The molecule has 0 saturated heterocycles. The summed E-state index contributed by atoms with van der Waals surface area (Å²) >= 11 is 0. The topological polar surface area (TPSA) is 63.4 Å². The first-order chi connectivity index (χ1) is 9.00. The summed E-state index contributed by atoms with van der Waals surface area (Å²) in [6.45, 7) is 6.28. The molecule has 19 heavy (non-hydrogen) atoms. The molecule has 2 rings (SSSR count). The van der Waals surface area contributed by atoms with Gasteiger partial charge in [0.1, 0.15) is 0 Å². The Kier molecular flexibility index (Phi) is 4.08. The van der Waals surface area contributed by atoms with E-state index in [4.69, 9.17) is 5.73 Å². The molecule has 0 amide bonds. The third kappa shape index (κ3) is 2.88. The van der Waals surface area contributed by atoms with Crippen molar-refractivity contribution in [2.75, 3.05) is 6.54 Å². The van der Waals surface area contributed by atoms with Crippen molar-refractivity contribution in [3.05, 3.63) is 42.0 Å². The average molecular weight is 280 g/mol. The summed E-state index contributed by atoms with van der Waals surface area (Å²) in [6, 6.07) is 5.28. The first-order valence-corrected chi connectivity index (χ1v) is 7.87. The second kappa shape index (κ2) is 5.45. The number of aryl methyl sites for hydroxylation is 1. The van der Waals surface area contributed by atoms with E-state index in [2.05, 4.69) is 6.58 Å². The first-order valence-electron chi connectivity index (χ1n) is 6.43. The molecule has 1 aromatic rings. The molecule has 1 saturated carbocycles. The summed E-state index contributed by atoms with van der Waals surface area (Å²) in [5.74, 6) is 0. The highest BCUT2D eigenvalue weighted by molar-refractivity contribution is 7.89. The summed E-state index contributed by atoms with van der Waals surface area (Å²) < 4.78 is 26.8. The van der Waals surface area contributed by atoms with E-state index < -0.39 is 10.0 Å². The zero-order chi connectivity index (χ0) is 14.0. The number of nitrogens with two attached hydrogens (primary N) is 1. The molecule has 1 fully saturated rings. The Morgan fingerprint density at radius 2 is 2.16 bits per heavy atom. The van der Waals surface area contributed by atoms with Crippen LogP contribution in [0.3, 0.4) is 0 Å². The van der Waals surface area contributed by atoms with Gasteiger partial charge in [-0.05, 0) is 43.0 Å². The summed E-state index contributed by atoms with van der Waals surface area (Å²) in [7, 11) is -3.44. The summed E-state index contributed by atoms with van der Waals surface area (Å²) in [4.78, 5) is 0.326. The van der Waals surface area contributed by atoms with Gasteiger partial charge in [0.25, 0.3) is 0 Å². The molecule has 0 unspecified atom stereocenters. The molecule has 1 aliphatic rings. The summed E-state index contributed by atoms with van der Waals surface area (Å²) in [5, 5.41) is 0. The van der Waals surface area contributed by atoms with Gasteiger partial charge in [-0.3, -0.25) is 0 Å². The Bertz CT molecular complexity index is 577. The largest absolute Gasteiger partial charge is 0.326 e. The van der Waals surface area contributed by atoms with Gasteiger partial charge in [0.05, 0.1) is 4.90 Å². The number of hydrogen-bond acceptors (Lipinski definition) is 3. The molecule has 0 bridgehead atoms. The molecular weight excluding hydrogens is 260 g/mol. The van der Waals surface area contributed by atoms with Gasteiger partial charge in [-0.25, -0.2) is 8.42 Å². The van der Waals surface area contributed by atoms with E-state index in [-0.39, 0.29) is 6.04 Å². The minimum Gasteiger partial charge on any atom is -0.326 e. The van der Waals surface area contributed by atoms with Gasteiger partial charge in [0, 0.05) is 19.1 Å². The molecule has 0 radical (unpaired) electrons. The van der Waals surface area contributed by atoms with Crippen LogP contribution >= 0.6 is 0 Å². The molecule has 104 valence electrons. The molecule has 5 heteroatoms. The smallest absolute Gasteiger partial charge is 0.243 e. The van der Waals surface area contributed by atoms with Crippen molar-refractivity contribution in [3.63, 3.8) is 0 Å². The maximum Gasteiger partial charge on any atom is 0.243 e. The predicted octanol–water partition coefficient (Wildman–Crippen LogP) is 1.79. The molecule has 4 nitrogen and oxygen atoms in total. The molecule has 0 aromatic heterocycles. The van der Waals surface area contributed by atoms with Crippen molar-refractivity contribution in [1.82, 2.24) is 4.31 Å². The van der Waals surface area contributed by atoms with Gasteiger partial charge in [0.15, 0.2) is 0 Å². The second-order valence-corrected chi connectivity index (χ2v) is 6.78. The van der Waals surface area contributed by atoms with Gasteiger partial charge < -0.3 is 5.73 Å². The van der Waals surface area contributed by atoms with E-state index in [1.165, 1.54) is 4.31 Å². The highest BCUT2D eigenvalue weighted by atomic mass is 32.2. The Morgan fingerprint density at radius 1 is 1.47 bits per heavy atom. The molecule has 0 aliphatic heterocycles. The minimum absolute atomic E-state index is 0.130. The van der Waals surface area contributed by atoms with E-state index in [9.17, 15) is 8.42 Å². The van der Waals surface area contributed by atoms with E-state index in [1.54, 1.807) is 18.2 Å². The number of hydrogen-bond donors (Lipinski definition) is 1. The van der Waals surface area contributed by atoms with E-state index in [0.29, 0.717) is 18.0 Å². The zero-order valence-corrected chi connectivity index (χ0v) is 12.0. The highest BCUT2D eigenvalue weighted by Gasteiger charge is 2.37. The fraction of sp³-hybridized carbons (Fsp3) is 0.429. The molecule has 1 aliphatic carbocycles. The average Bonchev–Trinajstić information content (AvgIpc) is 3.20. The van der Waals surface area contributed by atoms with Gasteiger partial charge in [0.2, 0.25) is 10.0 Å². The SMILES string of the molecule is C=CCN(C1CC1)S(=O)(=O)c1ccc(C)c(CN)c1. The second-order valence-electron chi connectivity index (χ2n) is 4.89.